The molecule has 1 rings (SSSR count). The smallest absolute Gasteiger partial charge is 0.174 e. The first-order valence-electron chi connectivity index (χ1n) is 2.89. The highest BCUT2D eigenvalue weighted by Gasteiger charge is 2.18. The molecule has 0 atom stereocenters. The second-order valence-corrected chi connectivity index (χ2v) is 3.68. The lowest BCUT2D eigenvalue weighted by molar-refractivity contribution is 0.706. The van der Waals surface area contributed by atoms with Crippen molar-refractivity contribution in [3.63, 3.8) is 0 Å². The molecule has 56 valence electrons. The fraction of sp³-hybridized carbons (Fsp3) is 0.600. The number of nitrogens with one attached hydrogen (secondary N) is 1. The Kier molecular flexibility index (Phi) is 2.88. The summed E-state index contributed by atoms with van der Waals surface area (Å²) in [5, 5.41) is 3.80. The van der Waals surface area contributed by atoms with E-state index in [0.29, 0.717) is 0 Å². The summed E-state index contributed by atoms with van der Waals surface area (Å²) in [4.78, 5) is 1.94. The molecule has 1 fully saturated rings. The molecule has 0 radical (unpaired) electrons. The zero-order valence-electron chi connectivity index (χ0n) is 5.59. The van der Waals surface area contributed by atoms with E-state index >= 15 is 0 Å². The summed E-state index contributed by atoms with van der Waals surface area (Å²) in [6.07, 6.45) is 1.96. The molecule has 5 heteroatoms. The Bertz CT molecular complexity index is 168. The average Bonchev–Trinajstić information content (AvgIpc) is 2.34. The molecule has 0 amide bonds. The molecular formula is C5H8N2S3. The summed E-state index contributed by atoms with van der Waals surface area (Å²) in [6.45, 7) is 1.83. The Hall–Kier alpha value is 0.130. The van der Waals surface area contributed by atoms with Crippen LogP contribution in [0.5, 0.6) is 0 Å². The molecule has 0 aliphatic carbocycles. The first-order chi connectivity index (χ1) is 4.75. The van der Waals surface area contributed by atoms with Crippen molar-refractivity contribution < 1.29 is 0 Å². The van der Waals surface area contributed by atoms with Gasteiger partial charge >= 0.3 is 0 Å². The number of nitrogens with zero attached hydrogens (tertiary/aromatic N) is 1. The fourth-order valence-corrected chi connectivity index (χ4v) is 1.74. The third-order valence-electron chi connectivity index (χ3n) is 1.25. The first kappa shape index (κ1) is 8.23. The van der Waals surface area contributed by atoms with Crippen molar-refractivity contribution in [2.24, 2.45) is 0 Å². The zero-order valence-corrected chi connectivity index (χ0v) is 8.04. The Labute approximate surface area is 75.3 Å². The fourth-order valence-electron chi connectivity index (χ4n) is 0.756. The highest BCUT2D eigenvalue weighted by Crippen LogP contribution is 2.07. The molecule has 0 aromatic rings. The molecule has 10 heavy (non-hydrogen) atoms. The zero-order chi connectivity index (χ0) is 7.56. The first-order valence-corrected chi connectivity index (χ1v) is 4.93. The third-order valence-corrected chi connectivity index (χ3v) is 2.91. The van der Waals surface area contributed by atoms with Crippen molar-refractivity contribution >= 4 is 45.6 Å². The van der Waals surface area contributed by atoms with Crippen LogP contribution in [0.4, 0.5) is 0 Å². The molecule has 0 bridgehead atoms. The van der Waals surface area contributed by atoms with E-state index < -0.39 is 0 Å². The van der Waals surface area contributed by atoms with Gasteiger partial charge in [-0.25, -0.2) is 0 Å². The maximum absolute atomic E-state index is 5.05. The predicted octanol–water partition coefficient (Wildman–Crippen LogP) is 0.824. The summed E-state index contributed by atoms with van der Waals surface area (Å²) >= 11 is 11.6. The molecule has 0 spiro atoms. The largest absolute Gasteiger partial charge is 0.360 e. The molecule has 2 nitrogen and oxygen atoms in total. The molecule has 0 aromatic carbocycles. The standard InChI is InChI=1S/C5H8N2S3/c1-10-5(9)7-3-2-6-4(7)8/h2-3H2,1H3,(H,6,8). The summed E-state index contributed by atoms with van der Waals surface area (Å²) < 4.78 is 0.856. The van der Waals surface area contributed by atoms with Crippen LogP contribution in [0, 0.1) is 0 Å². The number of hydrogen-bond acceptors (Lipinski definition) is 3. The van der Waals surface area contributed by atoms with E-state index in [1.54, 1.807) is 11.8 Å². The summed E-state index contributed by atoms with van der Waals surface area (Å²) in [5.74, 6) is 0. The van der Waals surface area contributed by atoms with Crippen LogP contribution >= 0.6 is 36.2 Å². The second kappa shape index (κ2) is 3.50. The van der Waals surface area contributed by atoms with E-state index in [9.17, 15) is 0 Å². The van der Waals surface area contributed by atoms with Gasteiger partial charge < -0.3 is 10.2 Å². The molecule has 1 heterocycles. The molecule has 1 N–H and O–H groups in total. The van der Waals surface area contributed by atoms with Crippen LogP contribution in [0.25, 0.3) is 0 Å². The maximum Gasteiger partial charge on any atom is 0.174 e. The van der Waals surface area contributed by atoms with E-state index in [1.165, 1.54) is 0 Å². The number of rotatable bonds is 0. The number of thiocarbonyl (C=S) groups is 2. The van der Waals surface area contributed by atoms with Crippen LogP contribution in [0.2, 0.25) is 0 Å². The Morgan fingerprint density at radius 1 is 1.80 bits per heavy atom. The SMILES string of the molecule is CSC(=S)N1CCNC1=S. The average molecular weight is 192 g/mol. The lowest BCUT2D eigenvalue weighted by atomic mass is 10.7. The minimum Gasteiger partial charge on any atom is -0.360 e. The van der Waals surface area contributed by atoms with Gasteiger partial charge in [0.05, 0.1) is 0 Å². The quantitative estimate of drug-likeness (QED) is 0.570. The van der Waals surface area contributed by atoms with Crippen LogP contribution < -0.4 is 5.32 Å². The van der Waals surface area contributed by atoms with Crippen LogP contribution in [0.15, 0.2) is 0 Å². The Balaban J connectivity index is 2.55. The normalized spacial score (nSPS) is 17.3. The van der Waals surface area contributed by atoms with Gasteiger partial charge in [-0.3, -0.25) is 0 Å². The second-order valence-electron chi connectivity index (χ2n) is 1.85. The number of thioether (sulfide) groups is 1. The lowest BCUT2D eigenvalue weighted by Gasteiger charge is -2.14. The summed E-state index contributed by atoms with van der Waals surface area (Å²) in [5.41, 5.74) is 0. The van der Waals surface area contributed by atoms with Gasteiger partial charge in [-0.15, -0.1) is 0 Å². The van der Waals surface area contributed by atoms with Crippen molar-refractivity contribution in [3.05, 3.63) is 0 Å². The minimum atomic E-state index is 0.763. The van der Waals surface area contributed by atoms with E-state index in [2.05, 4.69) is 5.32 Å². The Morgan fingerprint density at radius 3 is 2.90 bits per heavy atom. The molecule has 1 aliphatic heterocycles. The third kappa shape index (κ3) is 1.59. The van der Waals surface area contributed by atoms with E-state index in [-0.39, 0.29) is 0 Å². The Morgan fingerprint density at radius 2 is 2.50 bits per heavy atom. The maximum atomic E-state index is 5.05. The minimum absolute atomic E-state index is 0.763. The topological polar surface area (TPSA) is 15.3 Å². The van der Waals surface area contributed by atoms with E-state index in [0.717, 1.165) is 22.5 Å². The van der Waals surface area contributed by atoms with Crippen molar-refractivity contribution in [1.29, 1.82) is 0 Å². The molecule has 0 aromatic heterocycles. The van der Waals surface area contributed by atoms with Gasteiger partial charge in [0, 0.05) is 13.1 Å². The highest BCUT2D eigenvalue weighted by molar-refractivity contribution is 8.22. The van der Waals surface area contributed by atoms with Crippen LogP contribution in [0.3, 0.4) is 0 Å². The van der Waals surface area contributed by atoms with Crippen LogP contribution in [-0.4, -0.2) is 33.7 Å². The van der Waals surface area contributed by atoms with Gasteiger partial charge in [-0.2, -0.15) is 0 Å². The van der Waals surface area contributed by atoms with E-state index in [1.807, 2.05) is 11.2 Å². The van der Waals surface area contributed by atoms with Crippen molar-refractivity contribution in [1.82, 2.24) is 10.2 Å². The molecule has 0 unspecified atom stereocenters. The van der Waals surface area contributed by atoms with Crippen molar-refractivity contribution in [2.45, 2.75) is 0 Å². The predicted molar refractivity (Wildman–Crippen MR) is 53.4 cm³/mol. The van der Waals surface area contributed by atoms with Gasteiger partial charge in [0.2, 0.25) is 0 Å². The van der Waals surface area contributed by atoms with E-state index in [4.69, 9.17) is 24.4 Å². The van der Waals surface area contributed by atoms with Crippen molar-refractivity contribution in [3.8, 4) is 0 Å². The van der Waals surface area contributed by atoms with Crippen LogP contribution in [-0.2, 0) is 0 Å². The number of hydrogen-bond donors (Lipinski definition) is 1. The summed E-state index contributed by atoms with van der Waals surface area (Å²) in [7, 11) is 0. The van der Waals surface area contributed by atoms with Crippen LogP contribution in [0.1, 0.15) is 0 Å². The molecule has 1 aliphatic rings. The monoisotopic (exact) mass is 192 g/mol. The van der Waals surface area contributed by atoms with Gasteiger partial charge in [0.1, 0.15) is 4.32 Å². The van der Waals surface area contributed by atoms with Crippen molar-refractivity contribution in [2.75, 3.05) is 19.3 Å². The van der Waals surface area contributed by atoms with Gasteiger partial charge in [0.25, 0.3) is 0 Å². The molecule has 0 saturated carbocycles. The highest BCUT2D eigenvalue weighted by atomic mass is 32.2. The molecule has 1 saturated heterocycles. The van der Waals surface area contributed by atoms with Gasteiger partial charge in [0.15, 0.2) is 5.11 Å². The lowest BCUT2D eigenvalue weighted by Crippen LogP contribution is -2.30. The van der Waals surface area contributed by atoms with Gasteiger partial charge in [-0.1, -0.05) is 24.0 Å². The van der Waals surface area contributed by atoms with Gasteiger partial charge in [-0.05, 0) is 18.5 Å². The summed E-state index contributed by atoms with van der Waals surface area (Å²) in [6, 6.07) is 0. The molecular weight excluding hydrogens is 184 g/mol.